The summed E-state index contributed by atoms with van der Waals surface area (Å²) in [7, 11) is -1.69. The summed E-state index contributed by atoms with van der Waals surface area (Å²) in [6.07, 6.45) is 5.59. The molecule has 25 heavy (non-hydrogen) atoms. The Morgan fingerprint density at radius 3 is 2.00 bits per heavy atom. The smallest absolute Gasteiger partial charge is 0.123 e. The molecule has 0 bridgehead atoms. The molecular weight excluding hydrogens is 323 g/mol. The first-order chi connectivity index (χ1) is 12.0. The molecule has 0 aromatic heterocycles. The van der Waals surface area contributed by atoms with Gasteiger partial charge in [-0.2, -0.15) is 0 Å². The maximum absolute atomic E-state index is 13.3. The van der Waals surface area contributed by atoms with E-state index in [1.807, 2.05) is 12.1 Å². The van der Waals surface area contributed by atoms with E-state index >= 15 is 0 Å². The predicted octanol–water partition coefficient (Wildman–Crippen LogP) is 6.42. The van der Waals surface area contributed by atoms with Crippen molar-refractivity contribution in [1.29, 1.82) is 0 Å². The highest BCUT2D eigenvalue weighted by Gasteiger charge is 2.29. The topological polar surface area (TPSA) is 0 Å². The Kier molecular flexibility index (Phi) is 7.19. The highest BCUT2D eigenvalue weighted by atomic mass is 28.3. The molecule has 0 aliphatic rings. The molecule has 0 nitrogen and oxygen atoms in total. The molecule has 0 unspecified atom stereocenters. The number of hydrogen-bond donors (Lipinski definition) is 0. The van der Waals surface area contributed by atoms with Crippen molar-refractivity contribution >= 4 is 13.3 Å². The van der Waals surface area contributed by atoms with Gasteiger partial charge in [0.05, 0.1) is 0 Å². The Labute approximate surface area is 153 Å². The summed E-state index contributed by atoms with van der Waals surface area (Å²) in [6, 6.07) is 18.0. The standard InChI is InChI=1S/C23H31FSi/c1-5-10-20(18-19-14-16-21(24)17-15-19)23(11-6-2)25(3,4)22-12-8-7-9-13-22/h7-9,12-17H,5-6,10-11,18H2,1-4H3/b23-20+. The lowest BCUT2D eigenvalue weighted by atomic mass is 9.99. The van der Waals surface area contributed by atoms with E-state index < -0.39 is 8.07 Å². The van der Waals surface area contributed by atoms with Crippen molar-refractivity contribution in [1.82, 2.24) is 0 Å². The van der Waals surface area contributed by atoms with Gasteiger partial charge in [0.25, 0.3) is 0 Å². The van der Waals surface area contributed by atoms with Gasteiger partial charge in [0.1, 0.15) is 13.9 Å². The third-order valence-electron chi connectivity index (χ3n) is 5.06. The maximum atomic E-state index is 13.3. The van der Waals surface area contributed by atoms with Gasteiger partial charge in [-0.05, 0) is 37.0 Å². The molecule has 0 fully saturated rings. The second-order valence-corrected chi connectivity index (χ2v) is 11.8. The van der Waals surface area contributed by atoms with Crippen LogP contribution in [0.3, 0.4) is 0 Å². The van der Waals surface area contributed by atoms with E-state index in [4.69, 9.17) is 0 Å². The van der Waals surface area contributed by atoms with Crippen molar-refractivity contribution in [2.45, 2.75) is 59.0 Å². The van der Waals surface area contributed by atoms with E-state index in [1.54, 1.807) is 22.9 Å². The molecule has 0 amide bonds. The van der Waals surface area contributed by atoms with Crippen molar-refractivity contribution in [3.05, 3.63) is 76.7 Å². The lowest BCUT2D eigenvalue weighted by Gasteiger charge is -2.30. The average molecular weight is 355 g/mol. The van der Waals surface area contributed by atoms with E-state index in [0.717, 1.165) is 19.3 Å². The van der Waals surface area contributed by atoms with Crippen LogP contribution in [-0.4, -0.2) is 8.07 Å². The molecule has 0 atom stereocenters. The van der Waals surface area contributed by atoms with E-state index in [-0.39, 0.29) is 5.82 Å². The molecule has 0 aliphatic carbocycles. The molecule has 0 heterocycles. The minimum atomic E-state index is -1.69. The van der Waals surface area contributed by atoms with Gasteiger partial charge >= 0.3 is 0 Å². The van der Waals surface area contributed by atoms with Gasteiger partial charge in [-0.25, -0.2) is 4.39 Å². The molecule has 0 spiro atoms. The van der Waals surface area contributed by atoms with Gasteiger partial charge in [0.15, 0.2) is 0 Å². The maximum Gasteiger partial charge on any atom is 0.123 e. The zero-order valence-corrected chi connectivity index (χ0v) is 17.1. The minimum absolute atomic E-state index is 0.155. The Morgan fingerprint density at radius 1 is 0.840 bits per heavy atom. The Balaban J connectivity index is 2.46. The van der Waals surface area contributed by atoms with Gasteiger partial charge in [0.2, 0.25) is 0 Å². The summed E-state index contributed by atoms with van der Waals surface area (Å²) >= 11 is 0. The predicted molar refractivity (Wildman–Crippen MR) is 111 cm³/mol. The fourth-order valence-corrected chi connectivity index (χ4v) is 7.05. The highest BCUT2D eigenvalue weighted by molar-refractivity contribution is 6.95. The van der Waals surface area contributed by atoms with Crippen LogP contribution in [0.2, 0.25) is 13.1 Å². The first-order valence-electron chi connectivity index (χ1n) is 9.50. The van der Waals surface area contributed by atoms with Crippen LogP contribution in [0.25, 0.3) is 0 Å². The molecular formula is C23H31FSi. The summed E-state index contributed by atoms with van der Waals surface area (Å²) in [5, 5.41) is 3.19. The van der Waals surface area contributed by atoms with Crippen molar-refractivity contribution in [2.24, 2.45) is 0 Å². The molecule has 0 saturated carbocycles. The number of rotatable bonds is 8. The van der Waals surface area contributed by atoms with Crippen LogP contribution in [0.4, 0.5) is 4.39 Å². The number of hydrogen-bond acceptors (Lipinski definition) is 0. The highest BCUT2D eigenvalue weighted by Crippen LogP contribution is 2.28. The van der Waals surface area contributed by atoms with E-state index in [1.165, 1.54) is 23.6 Å². The molecule has 2 aromatic rings. The van der Waals surface area contributed by atoms with Gasteiger partial charge in [-0.3, -0.25) is 0 Å². The summed E-state index contributed by atoms with van der Waals surface area (Å²) in [6.45, 7) is 9.49. The van der Waals surface area contributed by atoms with Crippen molar-refractivity contribution in [3.63, 3.8) is 0 Å². The van der Waals surface area contributed by atoms with E-state index in [2.05, 4.69) is 57.3 Å². The second-order valence-electron chi connectivity index (χ2n) is 7.38. The summed E-state index contributed by atoms with van der Waals surface area (Å²) in [5.41, 5.74) is 2.80. The summed E-state index contributed by atoms with van der Waals surface area (Å²) in [4.78, 5) is 0. The first kappa shape index (κ1) is 19.6. The van der Waals surface area contributed by atoms with Crippen LogP contribution in [0.15, 0.2) is 65.4 Å². The zero-order valence-electron chi connectivity index (χ0n) is 16.1. The SMILES string of the molecule is CCC/C(Cc1ccc(F)cc1)=C(/CCC)[Si](C)(C)c1ccccc1. The van der Waals surface area contributed by atoms with Gasteiger partial charge in [-0.1, -0.05) is 98.2 Å². The number of allylic oxidation sites excluding steroid dienone is 2. The van der Waals surface area contributed by atoms with Gasteiger partial charge in [-0.15, -0.1) is 0 Å². The normalized spacial score (nSPS) is 12.8. The zero-order chi connectivity index (χ0) is 18.3. The largest absolute Gasteiger partial charge is 0.207 e. The monoisotopic (exact) mass is 354 g/mol. The lowest BCUT2D eigenvalue weighted by Crippen LogP contribution is -2.44. The molecule has 2 heteroatoms. The fourth-order valence-electron chi connectivity index (χ4n) is 3.71. The van der Waals surface area contributed by atoms with Gasteiger partial charge in [0, 0.05) is 0 Å². The van der Waals surface area contributed by atoms with E-state index in [0.29, 0.717) is 0 Å². The summed E-state index contributed by atoms with van der Waals surface area (Å²) < 4.78 is 13.3. The van der Waals surface area contributed by atoms with Crippen LogP contribution in [0.1, 0.15) is 45.1 Å². The van der Waals surface area contributed by atoms with Crippen LogP contribution in [0.5, 0.6) is 0 Å². The molecule has 2 rings (SSSR count). The van der Waals surface area contributed by atoms with Crippen molar-refractivity contribution < 1.29 is 4.39 Å². The average Bonchev–Trinajstić information content (AvgIpc) is 2.62. The number of benzene rings is 2. The summed E-state index contributed by atoms with van der Waals surface area (Å²) in [5.74, 6) is -0.155. The van der Waals surface area contributed by atoms with Crippen LogP contribution in [-0.2, 0) is 6.42 Å². The van der Waals surface area contributed by atoms with E-state index in [9.17, 15) is 4.39 Å². The molecule has 0 N–H and O–H groups in total. The second kappa shape index (κ2) is 9.14. The van der Waals surface area contributed by atoms with Gasteiger partial charge < -0.3 is 0 Å². The molecule has 2 aromatic carbocycles. The Hall–Kier alpha value is -1.67. The van der Waals surface area contributed by atoms with Crippen LogP contribution < -0.4 is 5.19 Å². The van der Waals surface area contributed by atoms with Crippen molar-refractivity contribution in [2.75, 3.05) is 0 Å². The third-order valence-corrected chi connectivity index (χ3v) is 8.95. The quantitative estimate of drug-likeness (QED) is 0.480. The third kappa shape index (κ3) is 5.15. The van der Waals surface area contributed by atoms with Crippen LogP contribution in [0, 0.1) is 5.82 Å². The number of halogens is 1. The molecule has 0 radical (unpaired) electrons. The van der Waals surface area contributed by atoms with Crippen LogP contribution >= 0.6 is 0 Å². The molecule has 134 valence electrons. The Bertz CT molecular complexity index is 684. The minimum Gasteiger partial charge on any atom is -0.207 e. The Morgan fingerprint density at radius 2 is 1.44 bits per heavy atom. The lowest BCUT2D eigenvalue weighted by molar-refractivity contribution is 0.627. The molecule has 0 aliphatic heterocycles. The molecule has 0 saturated heterocycles. The first-order valence-corrected chi connectivity index (χ1v) is 12.5. The fraction of sp³-hybridized carbons (Fsp3) is 0.391. The van der Waals surface area contributed by atoms with Crippen molar-refractivity contribution in [3.8, 4) is 0 Å².